The van der Waals surface area contributed by atoms with Crippen molar-refractivity contribution in [3.63, 3.8) is 0 Å². The van der Waals surface area contributed by atoms with Gasteiger partial charge < -0.3 is 9.64 Å². The molecule has 1 amide bonds. The number of likely N-dealkylation sites (tertiary alicyclic amines) is 1. The fourth-order valence-corrected chi connectivity index (χ4v) is 3.97. The topological polar surface area (TPSA) is 60.2 Å². The maximum atomic E-state index is 13.3. The fourth-order valence-electron chi connectivity index (χ4n) is 3.06. The van der Waals surface area contributed by atoms with Gasteiger partial charge in [-0.05, 0) is 31.2 Å². The van der Waals surface area contributed by atoms with Crippen LogP contribution in [0.25, 0.3) is 10.2 Å². The maximum absolute atomic E-state index is 13.3. The Labute approximate surface area is 154 Å². The van der Waals surface area contributed by atoms with Crippen LogP contribution in [0.3, 0.4) is 0 Å². The summed E-state index contributed by atoms with van der Waals surface area (Å²) in [4.78, 5) is 18.7. The fraction of sp³-hybridized carbons (Fsp3) is 0.389. The number of thiazole rings is 1. The number of ether oxygens (including phenoxy) is 1. The molecule has 0 atom stereocenters. The van der Waals surface area contributed by atoms with E-state index in [2.05, 4.69) is 10.1 Å². The quantitative estimate of drug-likeness (QED) is 0.703. The van der Waals surface area contributed by atoms with Crippen LogP contribution in [0, 0.1) is 5.82 Å². The molecule has 0 unspecified atom stereocenters. The van der Waals surface area contributed by atoms with Crippen molar-refractivity contribution in [1.82, 2.24) is 19.7 Å². The standard InChI is InChI=1S/C18H19FN4O2S/c1-2-23-10-7-15(21-23)17(24)22-8-5-13(6-9-22)25-18-20-14-4-3-12(19)11-16(14)26-18/h3-4,7,10-11,13H,2,5-6,8-9H2,1H3. The van der Waals surface area contributed by atoms with Gasteiger partial charge in [0.2, 0.25) is 0 Å². The highest BCUT2D eigenvalue weighted by molar-refractivity contribution is 7.20. The van der Waals surface area contributed by atoms with Crippen LogP contribution in [0.1, 0.15) is 30.3 Å². The van der Waals surface area contributed by atoms with Gasteiger partial charge in [0, 0.05) is 38.7 Å². The highest BCUT2D eigenvalue weighted by Crippen LogP contribution is 2.30. The second-order valence-corrected chi connectivity index (χ2v) is 7.25. The van der Waals surface area contributed by atoms with Gasteiger partial charge in [-0.3, -0.25) is 9.48 Å². The van der Waals surface area contributed by atoms with Crippen LogP contribution in [-0.4, -0.2) is 44.8 Å². The Kier molecular flexibility index (Phi) is 4.58. The maximum Gasteiger partial charge on any atom is 0.274 e. The summed E-state index contributed by atoms with van der Waals surface area (Å²) in [5.41, 5.74) is 1.23. The Morgan fingerprint density at radius 3 is 2.88 bits per heavy atom. The molecule has 0 bridgehead atoms. The van der Waals surface area contributed by atoms with Crippen LogP contribution in [0.15, 0.2) is 30.5 Å². The molecular weight excluding hydrogens is 355 g/mol. The van der Waals surface area contributed by atoms with Gasteiger partial charge in [0.05, 0.1) is 10.2 Å². The summed E-state index contributed by atoms with van der Waals surface area (Å²) in [6, 6.07) is 6.28. The van der Waals surface area contributed by atoms with Gasteiger partial charge in [-0.25, -0.2) is 9.37 Å². The van der Waals surface area contributed by atoms with Crippen LogP contribution in [-0.2, 0) is 6.54 Å². The zero-order valence-electron chi connectivity index (χ0n) is 14.4. The Balaban J connectivity index is 1.36. The monoisotopic (exact) mass is 374 g/mol. The van der Waals surface area contributed by atoms with Crippen molar-refractivity contribution in [2.75, 3.05) is 13.1 Å². The van der Waals surface area contributed by atoms with E-state index >= 15 is 0 Å². The average molecular weight is 374 g/mol. The summed E-state index contributed by atoms with van der Waals surface area (Å²) in [6.07, 6.45) is 3.31. The first-order chi connectivity index (χ1) is 12.6. The molecule has 0 saturated carbocycles. The van der Waals surface area contributed by atoms with Gasteiger partial charge in [-0.2, -0.15) is 5.10 Å². The van der Waals surface area contributed by atoms with E-state index < -0.39 is 0 Å². The molecule has 1 aliphatic heterocycles. The third-order valence-corrected chi connectivity index (χ3v) is 5.42. The highest BCUT2D eigenvalue weighted by Gasteiger charge is 2.26. The van der Waals surface area contributed by atoms with Gasteiger partial charge in [-0.1, -0.05) is 11.3 Å². The molecule has 0 N–H and O–H groups in total. The Hall–Kier alpha value is -2.48. The summed E-state index contributed by atoms with van der Waals surface area (Å²) in [6.45, 7) is 3.99. The normalized spacial score (nSPS) is 15.5. The number of hydrogen-bond donors (Lipinski definition) is 0. The second kappa shape index (κ2) is 7.03. The van der Waals surface area contributed by atoms with Gasteiger partial charge in [0.15, 0.2) is 0 Å². The molecule has 136 valence electrons. The second-order valence-electron chi connectivity index (χ2n) is 6.26. The van der Waals surface area contributed by atoms with Crippen LogP contribution in [0.2, 0.25) is 0 Å². The third-order valence-electron chi connectivity index (χ3n) is 4.51. The minimum absolute atomic E-state index is 0.0117. The largest absolute Gasteiger partial charge is 0.467 e. The summed E-state index contributed by atoms with van der Waals surface area (Å²) >= 11 is 1.35. The minimum Gasteiger partial charge on any atom is -0.467 e. The Morgan fingerprint density at radius 1 is 1.35 bits per heavy atom. The molecule has 1 saturated heterocycles. The lowest BCUT2D eigenvalue weighted by Crippen LogP contribution is -2.42. The molecule has 3 heterocycles. The van der Waals surface area contributed by atoms with Gasteiger partial charge in [0.1, 0.15) is 17.6 Å². The number of amides is 1. The molecule has 0 spiro atoms. The lowest BCUT2D eigenvalue weighted by atomic mass is 10.1. The van der Waals surface area contributed by atoms with Gasteiger partial charge in [0.25, 0.3) is 11.1 Å². The molecule has 26 heavy (non-hydrogen) atoms. The number of aromatic nitrogens is 3. The zero-order valence-corrected chi connectivity index (χ0v) is 15.2. The molecule has 6 nitrogen and oxygen atoms in total. The van der Waals surface area contributed by atoms with Gasteiger partial charge >= 0.3 is 0 Å². The van der Waals surface area contributed by atoms with Crippen LogP contribution in [0.4, 0.5) is 4.39 Å². The molecular formula is C18H19FN4O2S. The van der Waals surface area contributed by atoms with Crippen molar-refractivity contribution < 1.29 is 13.9 Å². The number of carbonyl (C=O) groups excluding carboxylic acids is 1. The first-order valence-corrected chi connectivity index (χ1v) is 9.49. The molecule has 0 radical (unpaired) electrons. The van der Waals surface area contributed by atoms with E-state index in [4.69, 9.17) is 4.74 Å². The smallest absolute Gasteiger partial charge is 0.274 e. The molecule has 2 aromatic heterocycles. The minimum atomic E-state index is -0.273. The van der Waals surface area contributed by atoms with Crippen LogP contribution in [0.5, 0.6) is 5.19 Å². The number of nitrogens with zero attached hydrogens (tertiary/aromatic N) is 4. The van der Waals surface area contributed by atoms with E-state index in [-0.39, 0.29) is 17.8 Å². The lowest BCUT2D eigenvalue weighted by molar-refractivity contribution is 0.0589. The molecule has 1 aliphatic rings. The number of benzene rings is 1. The number of halogens is 1. The highest BCUT2D eigenvalue weighted by atomic mass is 32.1. The van der Waals surface area contributed by atoms with E-state index in [1.807, 2.05) is 18.0 Å². The van der Waals surface area contributed by atoms with E-state index in [0.29, 0.717) is 24.0 Å². The summed E-state index contributed by atoms with van der Waals surface area (Å²) in [5.74, 6) is -0.309. The molecule has 3 aromatic rings. The average Bonchev–Trinajstić information content (AvgIpc) is 3.27. The van der Waals surface area contributed by atoms with Crippen molar-refractivity contribution in [2.24, 2.45) is 0 Å². The SMILES string of the molecule is CCn1ccc(C(=O)N2CCC(Oc3nc4ccc(F)cc4s3)CC2)n1. The lowest BCUT2D eigenvalue weighted by Gasteiger charge is -2.31. The number of carbonyl (C=O) groups is 1. The first kappa shape index (κ1) is 17.0. The van der Waals surface area contributed by atoms with Crippen molar-refractivity contribution in [1.29, 1.82) is 0 Å². The number of rotatable bonds is 4. The number of fused-ring (bicyclic) bond motifs is 1. The predicted octanol–water partition coefficient (Wildman–Crippen LogP) is 3.34. The number of hydrogen-bond acceptors (Lipinski definition) is 5. The summed E-state index contributed by atoms with van der Waals surface area (Å²) in [5, 5.41) is 4.83. The van der Waals surface area contributed by atoms with Crippen molar-refractivity contribution in [3.8, 4) is 5.19 Å². The van der Waals surface area contributed by atoms with E-state index in [1.165, 1.54) is 23.5 Å². The van der Waals surface area contributed by atoms with Crippen molar-refractivity contribution >= 4 is 27.5 Å². The summed E-state index contributed by atoms with van der Waals surface area (Å²) < 4.78 is 21.8. The number of piperidine rings is 1. The van der Waals surface area contributed by atoms with Crippen LogP contribution < -0.4 is 4.74 Å². The number of aryl methyl sites for hydroxylation is 1. The van der Waals surface area contributed by atoms with E-state index in [9.17, 15) is 9.18 Å². The zero-order chi connectivity index (χ0) is 18.1. The van der Waals surface area contributed by atoms with Crippen LogP contribution >= 0.6 is 11.3 Å². The van der Waals surface area contributed by atoms with Crippen molar-refractivity contribution in [3.05, 3.63) is 42.0 Å². The molecule has 4 rings (SSSR count). The molecule has 1 fully saturated rings. The molecule has 0 aliphatic carbocycles. The summed E-state index contributed by atoms with van der Waals surface area (Å²) in [7, 11) is 0. The van der Waals surface area contributed by atoms with Gasteiger partial charge in [-0.15, -0.1) is 0 Å². The van der Waals surface area contributed by atoms with Crippen molar-refractivity contribution in [2.45, 2.75) is 32.4 Å². The first-order valence-electron chi connectivity index (χ1n) is 8.68. The van der Waals surface area contributed by atoms with E-state index in [1.54, 1.807) is 16.8 Å². The Bertz CT molecular complexity index is 930. The molecule has 1 aromatic carbocycles. The van der Waals surface area contributed by atoms with E-state index in [0.717, 1.165) is 29.6 Å². The Morgan fingerprint density at radius 2 is 2.15 bits per heavy atom. The molecule has 8 heteroatoms. The predicted molar refractivity (Wildman–Crippen MR) is 97.0 cm³/mol. The third kappa shape index (κ3) is 3.41.